The molecule has 1 aromatic heterocycles. The Morgan fingerprint density at radius 2 is 1.44 bits per heavy atom. The molecule has 3 rings (SSSR count). The first-order valence-electron chi connectivity index (χ1n) is 8.83. The van der Waals surface area contributed by atoms with Crippen LogP contribution in [0.25, 0.3) is 22.9 Å². The van der Waals surface area contributed by atoms with Crippen molar-refractivity contribution in [3.05, 3.63) is 41.4 Å². The second kappa shape index (κ2) is 8.77. The summed E-state index contributed by atoms with van der Waals surface area (Å²) in [5.41, 5.74) is 1.36. The summed E-state index contributed by atoms with van der Waals surface area (Å²) in [6, 6.07) is 10.9. The van der Waals surface area contributed by atoms with Gasteiger partial charge in [-0.25, -0.2) is 0 Å². The number of hydrogen-bond acceptors (Lipinski definition) is 6. The Labute approximate surface area is 163 Å². The van der Waals surface area contributed by atoms with Gasteiger partial charge in [-0.15, -0.1) is 10.2 Å². The van der Waals surface area contributed by atoms with Crippen molar-refractivity contribution in [2.75, 3.05) is 19.8 Å². The lowest BCUT2D eigenvalue weighted by molar-refractivity contribution is 0.261. The topological polar surface area (TPSA) is 66.6 Å². The standard InChI is InChI=1S/C20H21ClN2O4/c1-4-24-16-11-13(12-17(25-5-2)18(16)26-6-3)19-22-23-20(27-19)14-9-7-8-10-15(14)21/h7-12H,4-6H2,1-3H3. The summed E-state index contributed by atoms with van der Waals surface area (Å²) in [5, 5.41) is 8.82. The van der Waals surface area contributed by atoms with Crippen LogP contribution in [0.5, 0.6) is 17.2 Å². The van der Waals surface area contributed by atoms with Crippen molar-refractivity contribution in [3.8, 4) is 40.2 Å². The molecule has 0 atom stereocenters. The van der Waals surface area contributed by atoms with Gasteiger partial charge in [0.15, 0.2) is 11.5 Å². The molecule has 2 aromatic carbocycles. The van der Waals surface area contributed by atoms with Crippen molar-refractivity contribution in [2.24, 2.45) is 0 Å². The van der Waals surface area contributed by atoms with E-state index in [1.807, 2.05) is 39.0 Å². The average Bonchev–Trinajstić information content (AvgIpc) is 3.15. The van der Waals surface area contributed by atoms with E-state index in [0.717, 1.165) is 0 Å². The molecule has 0 spiro atoms. The molecule has 0 aliphatic heterocycles. The first-order valence-corrected chi connectivity index (χ1v) is 9.20. The van der Waals surface area contributed by atoms with Crippen molar-refractivity contribution in [2.45, 2.75) is 20.8 Å². The fraction of sp³-hybridized carbons (Fsp3) is 0.300. The third-order valence-electron chi connectivity index (χ3n) is 3.69. The van der Waals surface area contributed by atoms with E-state index >= 15 is 0 Å². The summed E-state index contributed by atoms with van der Waals surface area (Å²) >= 11 is 6.22. The fourth-order valence-electron chi connectivity index (χ4n) is 2.60. The van der Waals surface area contributed by atoms with Gasteiger partial charge in [-0.1, -0.05) is 23.7 Å². The van der Waals surface area contributed by atoms with E-state index in [0.29, 0.717) is 65.0 Å². The molecule has 0 aliphatic rings. The Kier molecular flexibility index (Phi) is 6.19. The second-order valence-corrected chi connectivity index (χ2v) is 5.90. The molecule has 7 heteroatoms. The predicted octanol–water partition coefficient (Wildman–Crippen LogP) is 5.25. The van der Waals surface area contributed by atoms with E-state index in [1.54, 1.807) is 18.2 Å². The number of aromatic nitrogens is 2. The molecule has 27 heavy (non-hydrogen) atoms. The molecule has 142 valence electrons. The lowest BCUT2D eigenvalue weighted by Crippen LogP contribution is -2.03. The Hall–Kier alpha value is -2.73. The fourth-order valence-corrected chi connectivity index (χ4v) is 2.81. The zero-order valence-electron chi connectivity index (χ0n) is 15.5. The van der Waals surface area contributed by atoms with E-state index in [9.17, 15) is 0 Å². The molecule has 1 heterocycles. The highest BCUT2D eigenvalue weighted by atomic mass is 35.5. The predicted molar refractivity (Wildman–Crippen MR) is 104 cm³/mol. The van der Waals surface area contributed by atoms with Gasteiger partial charge in [0.25, 0.3) is 0 Å². The zero-order chi connectivity index (χ0) is 19.2. The molecule has 0 bridgehead atoms. The van der Waals surface area contributed by atoms with Crippen LogP contribution in [0.3, 0.4) is 0 Å². The van der Waals surface area contributed by atoms with Crippen molar-refractivity contribution in [1.82, 2.24) is 10.2 Å². The van der Waals surface area contributed by atoms with Gasteiger partial charge in [-0.3, -0.25) is 0 Å². The molecule has 0 fully saturated rings. The lowest BCUT2D eigenvalue weighted by atomic mass is 10.1. The van der Waals surface area contributed by atoms with E-state index < -0.39 is 0 Å². The van der Waals surface area contributed by atoms with Crippen molar-refractivity contribution >= 4 is 11.6 Å². The molecule has 0 aliphatic carbocycles. The smallest absolute Gasteiger partial charge is 0.249 e. The second-order valence-electron chi connectivity index (χ2n) is 5.49. The number of nitrogens with zero attached hydrogens (tertiary/aromatic N) is 2. The van der Waals surface area contributed by atoms with E-state index in [1.165, 1.54) is 0 Å². The molecule has 0 amide bonds. The van der Waals surface area contributed by atoms with E-state index in [2.05, 4.69) is 10.2 Å². The molecule has 0 unspecified atom stereocenters. The highest BCUT2D eigenvalue weighted by Crippen LogP contribution is 2.42. The number of hydrogen-bond donors (Lipinski definition) is 0. The summed E-state index contributed by atoms with van der Waals surface area (Å²) < 4.78 is 23.0. The molecular formula is C20H21ClN2O4. The minimum absolute atomic E-state index is 0.342. The minimum atomic E-state index is 0.342. The SMILES string of the molecule is CCOc1cc(-c2nnc(-c3ccccc3Cl)o2)cc(OCC)c1OCC. The van der Waals surface area contributed by atoms with Crippen LogP contribution in [0.15, 0.2) is 40.8 Å². The van der Waals surface area contributed by atoms with Crippen LogP contribution >= 0.6 is 11.6 Å². The Morgan fingerprint density at radius 1 is 0.852 bits per heavy atom. The molecule has 3 aromatic rings. The quantitative estimate of drug-likeness (QED) is 0.524. The van der Waals surface area contributed by atoms with Gasteiger partial charge in [0.1, 0.15) is 0 Å². The van der Waals surface area contributed by atoms with Crippen LogP contribution in [0.1, 0.15) is 20.8 Å². The molecule has 6 nitrogen and oxygen atoms in total. The van der Waals surface area contributed by atoms with Crippen molar-refractivity contribution in [3.63, 3.8) is 0 Å². The number of ether oxygens (including phenoxy) is 3. The molecule has 0 N–H and O–H groups in total. The van der Waals surface area contributed by atoms with Crippen LogP contribution in [0.4, 0.5) is 0 Å². The van der Waals surface area contributed by atoms with Crippen LogP contribution in [0, 0.1) is 0 Å². The number of halogens is 1. The maximum Gasteiger partial charge on any atom is 0.249 e. The van der Waals surface area contributed by atoms with Crippen LogP contribution < -0.4 is 14.2 Å². The average molecular weight is 389 g/mol. The van der Waals surface area contributed by atoms with Crippen LogP contribution in [0.2, 0.25) is 5.02 Å². The van der Waals surface area contributed by atoms with Crippen LogP contribution in [-0.2, 0) is 0 Å². The third kappa shape index (κ3) is 4.17. The van der Waals surface area contributed by atoms with Crippen LogP contribution in [-0.4, -0.2) is 30.0 Å². The summed E-state index contributed by atoms with van der Waals surface area (Å²) in [6.07, 6.45) is 0. The lowest BCUT2D eigenvalue weighted by Gasteiger charge is -2.16. The Bertz CT molecular complexity index is 883. The van der Waals surface area contributed by atoms with Crippen molar-refractivity contribution in [1.29, 1.82) is 0 Å². The summed E-state index contributed by atoms with van der Waals surface area (Å²) in [7, 11) is 0. The molecular weight excluding hydrogens is 368 g/mol. The minimum Gasteiger partial charge on any atom is -0.490 e. The maximum absolute atomic E-state index is 6.22. The molecule has 0 saturated heterocycles. The number of rotatable bonds is 8. The third-order valence-corrected chi connectivity index (χ3v) is 4.01. The highest BCUT2D eigenvalue weighted by Gasteiger charge is 2.19. The van der Waals surface area contributed by atoms with Gasteiger partial charge in [-0.2, -0.15) is 0 Å². The Balaban J connectivity index is 2.05. The zero-order valence-corrected chi connectivity index (χ0v) is 16.2. The molecule has 0 radical (unpaired) electrons. The van der Waals surface area contributed by atoms with Gasteiger partial charge in [0.05, 0.1) is 30.4 Å². The summed E-state index contributed by atoms with van der Waals surface area (Å²) in [6.45, 7) is 7.20. The van der Waals surface area contributed by atoms with Gasteiger partial charge < -0.3 is 18.6 Å². The maximum atomic E-state index is 6.22. The van der Waals surface area contributed by atoms with Gasteiger partial charge in [0.2, 0.25) is 17.5 Å². The van der Waals surface area contributed by atoms with Gasteiger partial charge in [-0.05, 0) is 45.0 Å². The largest absolute Gasteiger partial charge is 0.490 e. The first-order chi connectivity index (χ1) is 13.2. The van der Waals surface area contributed by atoms with Gasteiger partial charge in [0, 0.05) is 5.56 Å². The highest BCUT2D eigenvalue weighted by molar-refractivity contribution is 6.33. The number of benzene rings is 2. The van der Waals surface area contributed by atoms with E-state index in [-0.39, 0.29) is 0 Å². The first kappa shape index (κ1) is 19.0. The summed E-state index contributed by atoms with van der Waals surface area (Å²) in [4.78, 5) is 0. The van der Waals surface area contributed by atoms with Gasteiger partial charge >= 0.3 is 0 Å². The monoisotopic (exact) mass is 388 g/mol. The normalized spacial score (nSPS) is 10.7. The molecule has 0 saturated carbocycles. The van der Waals surface area contributed by atoms with Crippen molar-refractivity contribution < 1.29 is 18.6 Å². The summed E-state index contributed by atoms with van der Waals surface area (Å²) in [5.74, 6) is 2.39. The van der Waals surface area contributed by atoms with E-state index in [4.69, 9.17) is 30.2 Å². The Morgan fingerprint density at radius 3 is 2.04 bits per heavy atom.